The van der Waals surface area contributed by atoms with E-state index in [-0.39, 0.29) is 6.29 Å². The summed E-state index contributed by atoms with van der Waals surface area (Å²) in [7, 11) is 0. The summed E-state index contributed by atoms with van der Waals surface area (Å²) in [6, 6.07) is 7.74. The van der Waals surface area contributed by atoms with E-state index in [1.807, 2.05) is 28.9 Å². The first kappa shape index (κ1) is 13.9. The third-order valence-electron chi connectivity index (χ3n) is 4.63. The van der Waals surface area contributed by atoms with Gasteiger partial charge >= 0.3 is 0 Å². The summed E-state index contributed by atoms with van der Waals surface area (Å²) in [6.45, 7) is 5.42. The van der Waals surface area contributed by atoms with E-state index < -0.39 is 0 Å². The highest BCUT2D eigenvalue weighted by atomic mass is 16.5. The summed E-state index contributed by atoms with van der Waals surface area (Å²) in [4.78, 5) is 17.0. The van der Waals surface area contributed by atoms with Gasteiger partial charge in [-0.15, -0.1) is 4.68 Å². The Morgan fingerprint density at radius 2 is 1.73 bits per heavy atom. The molecule has 4 rings (SSSR count). The number of aromatic nitrogens is 3. The van der Waals surface area contributed by atoms with Crippen molar-refractivity contribution in [1.82, 2.24) is 19.7 Å². The second-order valence-electron chi connectivity index (χ2n) is 5.99. The van der Waals surface area contributed by atoms with Gasteiger partial charge in [0.25, 0.3) is 0 Å². The molecule has 2 saturated heterocycles. The summed E-state index contributed by atoms with van der Waals surface area (Å²) in [5.74, 6) is 0. The van der Waals surface area contributed by atoms with Crippen molar-refractivity contribution in [2.24, 2.45) is 0 Å². The number of benzene rings is 1. The lowest BCUT2D eigenvalue weighted by Gasteiger charge is -2.36. The zero-order valence-corrected chi connectivity index (χ0v) is 12.6. The molecule has 7 nitrogen and oxygen atoms in total. The Balaban J connectivity index is 1.79. The molecule has 118 valence electrons. The Kier molecular flexibility index (Phi) is 3.69. The number of morpholine rings is 1. The molecule has 0 saturated carbocycles. The van der Waals surface area contributed by atoms with Crippen LogP contribution < -0.4 is 4.54 Å². The van der Waals surface area contributed by atoms with Crippen molar-refractivity contribution >= 4 is 11.0 Å². The van der Waals surface area contributed by atoms with Crippen molar-refractivity contribution in [3.8, 4) is 0 Å². The largest absolute Gasteiger partial charge is 0.379 e. The molecule has 2 aliphatic heterocycles. The number of H-pyrrole nitrogens is 1. The van der Waals surface area contributed by atoms with Gasteiger partial charge in [-0.2, -0.15) is 0 Å². The van der Waals surface area contributed by atoms with Crippen molar-refractivity contribution in [3.05, 3.63) is 29.2 Å². The third kappa shape index (κ3) is 2.35. The number of nitrogens with zero attached hydrogens (tertiary/aromatic N) is 4. The SMILES string of the molecule is O=[n+]1[nH]n(C(N2CCCC2)N2CCOCC2)c2ccccc21. The van der Waals surface area contributed by atoms with Gasteiger partial charge in [0, 0.05) is 26.2 Å². The molecule has 22 heavy (non-hydrogen) atoms. The molecule has 0 aliphatic carbocycles. The molecule has 1 atom stereocenters. The molecule has 1 aromatic carbocycles. The van der Waals surface area contributed by atoms with Crippen LogP contribution in [0.15, 0.2) is 24.3 Å². The van der Waals surface area contributed by atoms with Gasteiger partial charge in [0.1, 0.15) is 0 Å². The number of likely N-dealkylation sites (tertiary alicyclic amines) is 1. The zero-order chi connectivity index (χ0) is 14.9. The maximum atomic E-state index is 12.2. The Hall–Kier alpha value is -1.70. The van der Waals surface area contributed by atoms with Crippen LogP contribution in [0.4, 0.5) is 0 Å². The molecule has 1 N–H and O–H groups in total. The molecular weight excluding hydrogens is 282 g/mol. The van der Waals surface area contributed by atoms with E-state index in [1.165, 1.54) is 12.8 Å². The zero-order valence-electron chi connectivity index (χ0n) is 12.6. The van der Waals surface area contributed by atoms with Gasteiger partial charge in [-0.1, -0.05) is 17.3 Å². The molecule has 2 aromatic rings. The summed E-state index contributed by atoms with van der Waals surface area (Å²) in [5, 5.41) is 2.98. The van der Waals surface area contributed by atoms with Gasteiger partial charge in [0.15, 0.2) is 0 Å². The second-order valence-corrected chi connectivity index (χ2v) is 5.99. The first-order valence-electron chi connectivity index (χ1n) is 8.02. The minimum atomic E-state index is 0.0616. The quantitative estimate of drug-likeness (QED) is 0.851. The summed E-state index contributed by atoms with van der Waals surface area (Å²) in [6.07, 6.45) is 2.50. The minimum Gasteiger partial charge on any atom is -0.379 e. The lowest BCUT2D eigenvalue weighted by atomic mass is 10.3. The summed E-state index contributed by atoms with van der Waals surface area (Å²) in [5.41, 5.74) is 1.63. The highest BCUT2D eigenvalue weighted by Crippen LogP contribution is 2.26. The van der Waals surface area contributed by atoms with Gasteiger partial charge in [-0.05, 0) is 29.9 Å². The van der Waals surface area contributed by atoms with Crippen LogP contribution >= 0.6 is 0 Å². The maximum absolute atomic E-state index is 12.2. The molecule has 2 fully saturated rings. The van der Waals surface area contributed by atoms with E-state index in [1.54, 1.807) is 0 Å². The van der Waals surface area contributed by atoms with E-state index >= 15 is 0 Å². The van der Waals surface area contributed by atoms with Gasteiger partial charge in [-0.3, -0.25) is 0 Å². The number of hydrogen-bond acceptors (Lipinski definition) is 4. The number of ether oxygens (including phenoxy) is 1. The topological polar surface area (TPSA) is 59.4 Å². The fraction of sp³-hybridized carbons (Fsp3) is 0.600. The minimum absolute atomic E-state index is 0.0616. The van der Waals surface area contributed by atoms with Crippen LogP contribution in [-0.4, -0.2) is 59.1 Å². The van der Waals surface area contributed by atoms with Crippen molar-refractivity contribution in [3.63, 3.8) is 0 Å². The predicted molar refractivity (Wildman–Crippen MR) is 81.9 cm³/mol. The highest BCUT2D eigenvalue weighted by molar-refractivity contribution is 5.70. The van der Waals surface area contributed by atoms with Crippen LogP contribution in [0, 0.1) is 4.91 Å². The second kappa shape index (κ2) is 5.83. The number of rotatable bonds is 3. The molecule has 2 aliphatic rings. The van der Waals surface area contributed by atoms with E-state index in [9.17, 15) is 4.91 Å². The fourth-order valence-corrected chi connectivity index (χ4v) is 3.56. The summed E-state index contributed by atoms with van der Waals surface area (Å²) >= 11 is 0. The van der Waals surface area contributed by atoms with Gasteiger partial charge in [0.2, 0.25) is 17.3 Å². The Bertz CT molecular complexity index is 697. The van der Waals surface area contributed by atoms with Crippen LogP contribution in [-0.2, 0) is 4.74 Å². The van der Waals surface area contributed by atoms with Crippen LogP contribution in [0.25, 0.3) is 11.0 Å². The molecular formula is C15H22N5O2+. The molecule has 0 radical (unpaired) electrons. The Morgan fingerprint density at radius 1 is 1.05 bits per heavy atom. The average Bonchev–Trinajstić information content (AvgIpc) is 3.19. The van der Waals surface area contributed by atoms with Gasteiger partial charge in [-0.25, -0.2) is 9.80 Å². The Labute approximate surface area is 128 Å². The monoisotopic (exact) mass is 304 g/mol. The van der Waals surface area contributed by atoms with Crippen LogP contribution in [0.1, 0.15) is 19.1 Å². The van der Waals surface area contributed by atoms with Crippen LogP contribution in [0.5, 0.6) is 0 Å². The normalized spacial score (nSPS) is 22.4. The maximum Gasteiger partial charge on any atom is 0.249 e. The molecule has 1 aromatic heterocycles. The fourth-order valence-electron chi connectivity index (χ4n) is 3.56. The lowest BCUT2D eigenvalue weighted by molar-refractivity contribution is -0.542. The molecule has 7 heteroatoms. The van der Waals surface area contributed by atoms with Crippen molar-refractivity contribution < 1.29 is 9.28 Å². The number of para-hydroxylation sites is 2. The molecule has 0 spiro atoms. The standard InChI is InChI=1S/C15H22N5O2/c21-20-14-6-2-1-5-13(14)19(16-20)15(17-7-3-4-8-17)18-9-11-22-12-10-18/h1-2,5-6,15H,3-4,7-12H2,(H,16,21)/q+1. The number of fused-ring (bicyclic) bond motifs is 1. The molecule has 1 unspecified atom stereocenters. The number of aromatic amines is 1. The molecule has 3 heterocycles. The van der Waals surface area contributed by atoms with Crippen LogP contribution in [0.3, 0.4) is 0 Å². The van der Waals surface area contributed by atoms with Crippen molar-refractivity contribution in [2.45, 2.75) is 19.1 Å². The average molecular weight is 304 g/mol. The van der Waals surface area contributed by atoms with Crippen molar-refractivity contribution in [1.29, 1.82) is 0 Å². The van der Waals surface area contributed by atoms with E-state index in [4.69, 9.17) is 4.74 Å². The Morgan fingerprint density at radius 3 is 2.50 bits per heavy atom. The molecule has 0 amide bonds. The van der Waals surface area contributed by atoms with Crippen LogP contribution in [0.2, 0.25) is 0 Å². The lowest BCUT2D eigenvalue weighted by Crippen LogP contribution is -2.49. The number of nitrogens with one attached hydrogen (secondary N) is 1. The van der Waals surface area contributed by atoms with E-state index in [2.05, 4.69) is 15.0 Å². The molecule has 0 bridgehead atoms. The number of hydrogen-bond donors (Lipinski definition) is 1. The van der Waals surface area contributed by atoms with Crippen molar-refractivity contribution in [2.75, 3.05) is 39.4 Å². The highest BCUT2D eigenvalue weighted by Gasteiger charge is 2.36. The van der Waals surface area contributed by atoms with E-state index in [0.717, 1.165) is 49.5 Å². The third-order valence-corrected chi connectivity index (χ3v) is 4.63. The van der Waals surface area contributed by atoms with Gasteiger partial charge < -0.3 is 4.74 Å². The van der Waals surface area contributed by atoms with E-state index in [0.29, 0.717) is 5.52 Å². The first-order chi connectivity index (χ1) is 10.8. The predicted octanol–water partition coefficient (Wildman–Crippen LogP) is 0.768. The first-order valence-corrected chi connectivity index (χ1v) is 8.02. The smallest absolute Gasteiger partial charge is 0.249 e. The van der Waals surface area contributed by atoms with Gasteiger partial charge in [0.05, 0.1) is 17.8 Å². The summed E-state index contributed by atoms with van der Waals surface area (Å²) < 4.78 is 8.37.